The highest BCUT2D eigenvalue weighted by Gasteiger charge is 2.16. The maximum absolute atomic E-state index is 13.8. The topological polar surface area (TPSA) is 75.7 Å². The van der Waals surface area contributed by atoms with Crippen LogP contribution >= 0.6 is 23.2 Å². The Labute approximate surface area is 183 Å². The van der Waals surface area contributed by atoms with Crippen molar-refractivity contribution < 1.29 is 23.5 Å². The van der Waals surface area contributed by atoms with E-state index in [0.29, 0.717) is 17.0 Å². The Bertz CT molecular complexity index is 886. The third-order valence-electron chi connectivity index (χ3n) is 4.19. The Hall–Kier alpha value is -2.64. The number of ether oxygens (including phenoxy) is 1. The first-order chi connectivity index (χ1) is 14.3. The van der Waals surface area contributed by atoms with Crippen molar-refractivity contribution >= 4 is 41.0 Å². The van der Waals surface area contributed by atoms with Gasteiger partial charge in [0, 0.05) is 47.7 Å². The highest BCUT2D eigenvalue weighted by atomic mass is 35.5. The van der Waals surface area contributed by atoms with E-state index < -0.39 is 24.3 Å². The molecule has 0 spiro atoms. The summed E-state index contributed by atoms with van der Waals surface area (Å²) in [7, 11) is 1.46. The van der Waals surface area contributed by atoms with E-state index in [-0.39, 0.29) is 36.0 Å². The minimum atomic E-state index is -0.568. The van der Waals surface area contributed by atoms with Crippen molar-refractivity contribution in [2.75, 3.05) is 20.2 Å². The van der Waals surface area contributed by atoms with Crippen molar-refractivity contribution in [1.29, 1.82) is 0 Å². The molecule has 1 N–H and O–H groups in total. The van der Waals surface area contributed by atoms with Crippen LogP contribution in [0.1, 0.15) is 28.8 Å². The summed E-state index contributed by atoms with van der Waals surface area (Å²) in [6.45, 7) is -0.229. The summed E-state index contributed by atoms with van der Waals surface area (Å²) in [6, 6.07) is 10.7. The molecule has 2 aromatic carbocycles. The molecule has 0 heterocycles. The van der Waals surface area contributed by atoms with E-state index in [1.807, 2.05) is 0 Å². The first-order valence-electron chi connectivity index (χ1n) is 9.14. The fourth-order valence-electron chi connectivity index (χ4n) is 2.47. The fraction of sp³-hybridized carbons (Fsp3) is 0.286. The van der Waals surface area contributed by atoms with Crippen molar-refractivity contribution in [3.8, 4) is 0 Å². The zero-order valence-corrected chi connectivity index (χ0v) is 17.8. The lowest BCUT2D eigenvalue weighted by Gasteiger charge is -2.18. The van der Waals surface area contributed by atoms with Crippen molar-refractivity contribution in [3.05, 3.63) is 69.5 Å². The van der Waals surface area contributed by atoms with E-state index in [4.69, 9.17) is 27.9 Å². The third kappa shape index (κ3) is 7.31. The van der Waals surface area contributed by atoms with Crippen molar-refractivity contribution in [2.45, 2.75) is 19.4 Å². The second-order valence-corrected chi connectivity index (χ2v) is 7.32. The average molecular weight is 455 g/mol. The molecule has 2 amide bonds. The number of rotatable bonds is 9. The Morgan fingerprint density at radius 3 is 2.47 bits per heavy atom. The minimum absolute atomic E-state index is 0.0387. The maximum Gasteiger partial charge on any atom is 0.306 e. The van der Waals surface area contributed by atoms with Crippen LogP contribution in [0.5, 0.6) is 0 Å². The molecule has 0 atom stereocenters. The van der Waals surface area contributed by atoms with Gasteiger partial charge in [-0.2, -0.15) is 0 Å². The van der Waals surface area contributed by atoms with Crippen LogP contribution in [0.4, 0.5) is 4.39 Å². The number of nitrogens with one attached hydrogen (secondary N) is 1. The van der Waals surface area contributed by atoms with Crippen molar-refractivity contribution in [2.24, 2.45) is 0 Å². The lowest BCUT2D eigenvalue weighted by Crippen LogP contribution is -2.31. The zero-order valence-electron chi connectivity index (χ0n) is 16.3. The first-order valence-corrected chi connectivity index (χ1v) is 9.89. The summed E-state index contributed by atoms with van der Waals surface area (Å²) < 4.78 is 18.7. The molecule has 0 radical (unpaired) electrons. The highest BCUT2D eigenvalue weighted by Crippen LogP contribution is 2.20. The molecule has 30 heavy (non-hydrogen) atoms. The van der Waals surface area contributed by atoms with Gasteiger partial charge in [-0.3, -0.25) is 14.4 Å². The van der Waals surface area contributed by atoms with Gasteiger partial charge in [-0.05, 0) is 42.8 Å². The quantitative estimate of drug-likeness (QED) is 0.461. The predicted octanol–water partition coefficient (Wildman–Crippen LogP) is 3.84. The summed E-state index contributed by atoms with van der Waals surface area (Å²) in [4.78, 5) is 37.0. The molecule has 0 unspecified atom stereocenters. The lowest BCUT2D eigenvalue weighted by atomic mass is 10.2. The smallest absolute Gasteiger partial charge is 0.306 e. The van der Waals surface area contributed by atoms with Crippen molar-refractivity contribution in [1.82, 2.24) is 10.2 Å². The maximum atomic E-state index is 13.8. The highest BCUT2D eigenvalue weighted by molar-refractivity contribution is 6.31. The molecule has 0 bridgehead atoms. The Morgan fingerprint density at radius 1 is 1.10 bits per heavy atom. The molecular weight excluding hydrogens is 434 g/mol. The van der Waals surface area contributed by atoms with Gasteiger partial charge in [0.15, 0.2) is 6.61 Å². The molecule has 2 aromatic rings. The van der Waals surface area contributed by atoms with Crippen LogP contribution < -0.4 is 5.32 Å². The average Bonchev–Trinajstić information content (AvgIpc) is 2.72. The van der Waals surface area contributed by atoms with Crippen LogP contribution in [0.2, 0.25) is 10.0 Å². The van der Waals surface area contributed by atoms with Gasteiger partial charge >= 0.3 is 5.97 Å². The molecule has 0 aromatic heterocycles. The predicted molar refractivity (Wildman–Crippen MR) is 112 cm³/mol. The van der Waals surface area contributed by atoms with Gasteiger partial charge in [-0.15, -0.1) is 0 Å². The van der Waals surface area contributed by atoms with Gasteiger partial charge in [0.1, 0.15) is 5.82 Å². The second kappa shape index (κ2) is 11.5. The summed E-state index contributed by atoms with van der Waals surface area (Å²) in [6.07, 6.45) is 0.393. The molecule has 0 saturated heterocycles. The molecule has 2 rings (SSSR count). The molecule has 0 aliphatic rings. The van der Waals surface area contributed by atoms with E-state index in [0.717, 1.165) is 0 Å². The summed E-state index contributed by atoms with van der Waals surface area (Å²) >= 11 is 11.7. The number of carbonyl (C=O) groups excluding carboxylic acids is 3. The van der Waals surface area contributed by atoms with Gasteiger partial charge in [0.05, 0.1) is 0 Å². The van der Waals surface area contributed by atoms with Crippen LogP contribution in [0, 0.1) is 5.82 Å². The Kier molecular flexibility index (Phi) is 9.08. The second-order valence-electron chi connectivity index (χ2n) is 6.48. The molecule has 0 fully saturated rings. The molecule has 0 aliphatic heterocycles. The fourth-order valence-corrected chi connectivity index (χ4v) is 2.82. The number of amides is 2. The van der Waals surface area contributed by atoms with Crippen LogP contribution in [-0.4, -0.2) is 42.9 Å². The number of hydrogen-bond donors (Lipinski definition) is 1. The number of carbonyl (C=O) groups is 3. The lowest BCUT2D eigenvalue weighted by molar-refractivity contribution is -0.151. The van der Waals surface area contributed by atoms with Gasteiger partial charge in [-0.25, -0.2) is 4.39 Å². The van der Waals surface area contributed by atoms with E-state index >= 15 is 0 Å². The number of halogens is 3. The molecule has 6 nitrogen and oxygen atoms in total. The first kappa shape index (κ1) is 23.6. The van der Waals surface area contributed by atoms with Gasteiger partial charge in [-0.1, -0.05) is 29.3 Å². The zero-order chi connectivity index (χ0) is 22.1. The third-order valence-corrected chi connectivity index (χ3v) is 4.80. The van der Waals surface area contributed by atoms with E-state index in [1.54, 1.807) is 24.3 Å². The van der Waals surface area contributed by atoms with E-state index in [2.05, 4.69) is 5.32 Å². The van der Waals surface area contributed by atoms with Gasteiger partial charge in [0.2, 0.25) is 0 Å². The van der Waals surface area contributed by atoms with Crippen LogP contribution in [0.25, 0.3) is 0 Å². The number of likely N-dealkylation sites (N-methyl/N-ethyl adjacent to an activating group) is 1. The van der Waals surface area contributed by atoms with E-state index in [1.165, 1.54) is 30.1 Å². The summed E-state index contributed by atoms with van der Waals surface area (Å²) in [5.41, 5.74) is 0.656. The monoisotopic (exact) mass is 454 g/mol. The number of nitrogens with zero attached hydrogens (tertiary/aromatic N) is 1. The van der Waals surface area contributed by atoms with Gasteiger partial charge in [0.25, 0.3) is 11.8 Å². The number of esters is 1. The molecular formula is C21H21Cl2FN2O4. The molecule has 160 valence electrons. The number of benzene rings is 2. The Morgan fingerprint density at radius 2 is 1.80 bits per heavy atom. The molecule has 0 aliphatic carbocycles. The van der Waals surface area contributed by atoms with Crippen LogP contribution in [0.3, 0.4) is 0 Å². The largest absolute Gasteiger partial charge is 0.456 e. The number of hydrogen-bond acceptors (Lipinski definition) is 4. The molecule has 0 saturated carbocycles. The van der Waals surface area contributed by atoms with Crippen LogP contribution in [0.15, 0.2) is 42.5 Å². The SMILES string of the molecule is CN(Cc1c(F)cccc1Cl)C(=O)COC(=O)CCCNC(=O)c1ccc(Cl)cc1. The van der Waals surface area contributed by atoms with Crippen LogP contribution in [-0.2, 0) is 20.9 Å². The van der Waals surface area contributed by atoms with Gasteiger partial charge < -0.3 is 15.0 Å². The minimum Gasteiger partial charge on any atom is -0.456 e. The summed E-state index contributed by atoms with van der Waals surface area (Å²) in [5, 5.41) is 3.43. The summed E-state index contributed by atoms with van der Waals surface area (Å²) in [5.74, 6) is -1.84. The standard InChI is InChI=1S/C21H21Cl2FN2O4/c1-26(12-16-17(23)4-2-5-18(16)24)19(27)13-30-20(28)6-3-11-25-21(29)14-7-9-15(22)10-8-14/h2,4-5,7-10H,3,6,11-13H2,1H3,(H,25,29). The Balaban J connectivity index is 1.67. The normalized spacial score (nSPS) is 10.4. The molecule has 9 heteroatoms. The van der Waals surface area contributed by atoms with E-state index in [9.17, 15) is 18.8 Å². The van der Waals surface area contributed by atoms with Crippen molar-refractivity contribution in [3.63, 3.8) is 0 Å².